The van der Waals surface area contributed by atoms with Crippen molar-refractivity contribution in [1.29, 1.82) is 0 Å². The highest BCUT2D eigenvalue weighted by molar-refractivity contribution is 6.22. The van der Waals surface area contributed by atoms with Gasteiger partial charge >= 0.3 is 0 Å². The van der Waals surface area contributed by atoms with Gasteiger partial charge in [-0.1, -0.05) is 24.3 Å². The number of nitrogens with one attached hydrogen (secondary N) is 2. The highest BCUT2D eigenvalue weighted by Crippen LogP contribution is 2.22. The molecular formula is C18H15N3O4. The Morgan fingerprint density at radius 1 is 0.920 bits per heavy atom. The van der Waals surface area contributed by atoms with Crippen molar-refractivity contribution in [3.8, 4) is 0 Å². The Morgan fingerprint density at radius 3 is 2.08 bits per heavy atom. The lowest BCUT2D eigenvalue weighted by molar-refractivity contribution is -0.116. The Bertz CT molecular complexity index is 856. The van der Waals surface area contributed by atoms with Crippen LogP contribution in [0.15, 0.2) is 48.5 Å². The van der Waals surface area contributed by atoms with E-state index < -0.39 is 24.3 Å². The molecule has 2 aromatic rings. The largest absolute Gasteiger partial charge is 0.355 e. The van der Waals surface area contributed by atoms with Crippen molar-refractivity contribution in [2.45, 2.75) is 0 Å². The van der Waals surface area contributed by atoms with E-state index in [9.17, 15) is 19.2 Å². The Balaban J connectivity index is 1.76. The average molecular weight is 337 g/mol. The normalized spacial score (nSPS) is 12.8. The quantitative estimate of drug-likeness (QED) is 0.822. The number of carbonyl (C=O) groups excluding carboxylic acids is 4. The van der Waals surface area contributed by atoms with E-state index in [-0.39, 0.29) is 17.0 Å². The van der Waals surface area contributed by atoms with Gasteiger partial charge in [-0.3, -0.25) is 24.1 Å². The minimum absolute atomic E-state index is 0.283. The molecule has 2 N–H and O–H groups in total. The van der Waals surface area contributed by atoms with E-state index in [0.29, 0.717) is 11.3 Å². The first-order valence-electron chi connectivity index (χ1n) is 7.59. The van der Waals surface area contributed by atoms with Crippen LogP contribution in [0.25, 0.3) is 0 Å². The summed E-state index contributed by atoms with van der Waals surface area (Å²) in [5.41, 5.74) is 1.17. The van der Waals surface area contributed by atoms with Gasteiger partial charge in [0.25, 0.3) is 17.7 Å². The molecule has 3 rings (SSSR count). The summed E-state index contributed by atoms with van der Waals surface area (Å²) in [5, 5.41) is 5.06. The van der Waals surface area contributed by atoms with Crippen molar-refractivity contribution in [3.63, 3.8) is 0 Å². The highest BCUT2D eigenvalue weighted by atomic mass is 16.2. The van der Waals surface area contributed by atoms with Crippen molar-refractivity contribution < 1.29 is 19.2 Å². The molecule has 0 atom stereocenters. The van der Waals surface area contributed by atoms with E-state index in [0.717, 1.165) is 4.90 Å². The van der Waals surface area contributed by atoms with E-state index in [1.54, 1.807) is 48.5 Å². The average Bonchev–Trinajstić information content (AvgIpc) is 2.87. The number of nitrogens with zero attached hydrogens (tertiary/aromatic N) is 1. The fraction of sp³-hybridized carbons (Fsp3) is 0.111. The van der Waals surface area contributed by atoms with Gasteiger partial charge in [0, 0.05) is 7.05 Å². The standard InChI is InChI=1S/C18H15N3O4/c1-19-16(23)13-8-4-5-9-14(13)20-15(22)10-21-17(24)11-6-2-3-7-12(11)18(21)25/h2-9H,10H2,1H3,(H,19,23)(H,20,22). The molecule has 126 valence electrons. The Hall–Kier alpha value is -3.48. The summed E-state index contributed by atoms with van der Waals surface area (Å²) in [6.07, 6.45) is 0. The molecular weight excluding hydrogens is 322 g/mol. The van der Waals surface area contributed by atoms with Gasteiger partial charge in [0.05, 0.1) is 22.4 Å². The molecule has 4 amide bonds. The lowest BCUT2D eigenvalue weighted by atomic mass is 10.1. The Morgan fingerprint density at radius 2 is 1.48 bits per heavy atom. The molecule has 0 saturated carbocycles. The maximum Gasteiger partial charge on any atom is 0.262 e. The van der Waals surface area contributed by atoms with Gasteiger partial charge in [0.15, 0.2) is 0 Å². The summed E-state index contributed by atoms with van der Waals surface area (Å²) >= 11 is 0. The fourth-order valence-corrected chi connectivity index (χ4v) is 2.64. The van der Waals surface area contributed by atoms with Gasteiger partial charge < -0.3 is 10.6 Å². The minimum Gasteiger partial charge on any atom is -0.355 e. The molecule has 0 bridgehead atoms. The van der Waals surface area contributed by atoms with E-state index in [4.69, 9.17) is 0 Å². The number of hydrogen-bond acceptors (Lipinski definition) is 4. The zero-order valence-corrected chi connectivity index (χ0v) is 13.4. The summed E-state index contributed by atoms with van der Waals surface area (Å²) < 4.78 is 0. The minimum atomic E-state index is -0.564. The van der Waals surface area contributed by atoms with Crippen LogP contribution in [-0.2, 0) is 4.79 Å². The van der Waals surface area contributed by atoms with Crippen LogP contribution in [0.4, 0.5) is 5.69 Å². The molecule has 0 spiro atoms. The Labute approximate surface area is 143 Å². The number of benzene rings is 2. The molecule has 1 aliphatic heterocycles. The molecule has 0 unspecified atom stereocenters. The monoisotopic (exact) mass is 337 g/mol. The lowest BCUT2D eigenvalue weighted by Crippen LogP contribution is -2.37. The number of anilines is 1. The molecule has 7 heteroatoms. The number of fused-ring (bicyclic) bond motifs is 1. The van der Waals surface area contributed by atoms with E-state index in [1.807, 2.05) is 0 Å². The SMILES string of the molecule is CNC(=O)c1ccccc1NC(=O)CN1C(=O)c2ccccc2C1=O. The Kier molecular flexibility index (Phi) is 4.30. The zero-order valence-electron chi connectivity index (χ0n) is 13.4. The van der Waals surface area contributed by atoms with Crippen LogP contribution in [0, 0.1) is 0 Å². The maximum absolute atomic E-state index is 12.3. The van der Waals surface area contributed by atoms with Gasteiger partial charge in [-0.15, -0.1) is 0 Å². The van der Waals surface area contributed by atoms with Crippen molar-refractivity contribution in [2.75, 3.05) is 18.9 Å². The smallest absolute Gasteiger partial charge is 0.262 e. The van der Waals surface area contributed by atoms with Crippen LogP contribution in [0.2, 0.25) is 0 Å². The van der Waals surface area contributed by atoms with Crippen LogP contribution >= 0.6 is 0 Å². The topological polar surface area (TPSA) is 95.6 Å². The first-order chi connectivity index (χ1) is 12.0. The van der Waals surface area contributed by atoms with E-state index >= 15 is 0 Å². The second-order valence-corrected chi connectivity index (χ2v) is 5.41. The number of carbonyl (C=O) groups is 4. The second-order valence-electron chi connectivity index (χ2n) is 5.41. The van der Waals surface area contributed by atoms with Gasteiger partial charge in [0.1, 0.15) is 6.54 Å². The number of hydrogen-bond donors (Lipinski definition) is 2. The van der Waals surface area contributed by atoms with Gasteiger partial charge in [-0.05, 0) is 24.3 Å². The van der Waals surface area contributed by atoms with Gasteiger partial charge in [-0.2, -0.15) is 0 Å². The van der Waals surface area contributed by atoms with Crippen LogP contribution in [-0.4, -0.2) is 42.1 Å². The molecule has 2 aromatic carbocycles. The third-order valence-corrected chi connectivity index (χ3v) is 3.85. The third kappa shape index (κ3) is 2.99. The lowest BCUT2D eigenvalue weighted by Gasteiger charge is -2.15. The highest BCUT2D eigenvalue weighted by Gasteiger charge is 2.36. The van der Waals surface area contributed by atoms with Crippen molar-refractivity contribution in [3.05, 3.63) is 65.2 Å². The van der Waals surface area contributed by atoms with E-state index in [1.165, 1.54) is 7.05 Å². The predicted molar refractivity (Wildman–Crippen MR) is 90.3 cm³/mol. The first-order valence-corrected chi connectivity index (χ1v) is 7.59. The molecule has 0 fully saturated rings. The number of para-hydroxylation sites is 1. The number of imide groups is 1. The van der Waals surface area contributed by atoms with Crippen LogP contribution in [0.5, 0.6) is 0 Å². The predicted octanol–water partition coefficient (Wildman–Crippen LogP) is 1.28. The molecule has 0 aromatic heterocycles. The molecule has 0 saturated heterocycles. The summed E-state index contributed by atoms with van der Waals surface area (Å²) in [4.78, 5) is 49.6. The first kappa shape index (κ1) is 16.4. The molecule has 1 aliphatic rings. The second kappa shape index (κ2) is 6.56. The zero-order chi connectivity index (χ0) is 18.0. The summed E-state index contributed by atoms with van der Waals surface area (Å²) in [7, 11) is 1.49. The molecule has 7 nitrogen and oxygen atoms in total. The summed E-state index contributed by atoms with van der Waals surface area (Å²) in [6, 6.07) is 12.9. The molecule has 0 radical (unpaired) electrons. The van der Waals surface area contributed by atoms with Crippen molar-refractivity contribution in [1.82, 2.24) is 10.2 Å². The van der Waals surface area contributed by atoms with Crippen LogP contribution < -0.4 is 10.6 Å². The molecule has 1 heterocycles. The third-order valence-electron chi connectivity index (χ3n) is 3.85. The van der Waals surface area contributed by atoms with Gasteiger partial charge in [-0.25, -0.2) is 0 Å². The van der Waals surface area contributed by atoms with Gasteiger partial charge in [0.2, 0.25) is 5.91 Å². The molecule has 25 heavy (non-hydrogen) atoms. The molecule has 0 aliphatic carbocycles. The number of amides is 4. The van der Waals surface area contributed by atoms with Crippen molar-refractivity contribution >= 4 is 29.3 Å². The van der Waals surface area contributed by atoms with Crippen molar-refractivity contribution in [2.24, 2.45) is 0 Å². The summed E-state index contributed by atoms with van der Waals surface area (Å²) in [6.45, 7) is -0.422. The van der Waals surface area contributed by atoms with Crippen LogP contribution in [0.1, 0.15) is 31.1 Å². The van der Waals surface area contributed by atoms with Crippen LogP contribution in [0.3, 0.4) is 0 Å². The summed E-state index contributed by atoms with van der Waals surface area (Å²) in [5.74, 6) is -1.92. The number of rotatable bonds is 4. The maximum atomic E-state index is 12.3. The van der Waals surface area contributed by atoms with E-state index in [2.05, 4.69) is 10.6 Å². The fourth-order valence-electron chi connectivity index (χ4n) is 2.64.